The fraction of sp³-hybridized carbons (Fsp3) is 0.319. The van der Waals surface area contributed by atoms with E-state index in [1.807, 2.05) is 0 Å². The van der Waals surface area contributed by atoms with Crippen LogP contribution in [0.25, 0.3) is 44.2 Å². The molecular weight excluding hydrogens is 565 g/mol. The van der Waals surface area contributed by atoms with E-state index in [0.717, 1.165) is 0 Å². The lowest BCUT2D eigenvalue weighted by atomic mass is 9.86. The van der Waals surface area contributed by atoms with Gasteiger partial charge in [-0.25, -0.2) is 0 Å². The summed E-state index contributed by atoms with van der Waals surface area (Å²) in [6, 6.07) is 45.2. The highest BCUT2D eigenvalue weighted by Gasteiger charge is 2.16. The first kappa shape index (κ1) is 34.2. The Balaban J connectivity index is 0.000000185. The molecule has 4 aromatic carbocycles. The Bertz CT molecular complexity index is 1880. The second-order valence-electron chi connectivity index (χ2n) is 16.7. The van der Waals surface area contributed by atoms with E-state index in [4.69, 9.17) is 0 Å². The van der Waals surface area contributed by atoms with E-state index in [-0.39, 0.29) is 16.2 Å². The fourth-order valence-corrected chi connectivity index (χ4v) is 6.04. The highest BCUT2D eigenvalue weighted by atomic mass is 14.2. The highest BCUT2D eigenvalue weighted by molar-refractivity contribution is 5.88. The van der Waals surface area contributed by atoms with Crippen molar-refractivity contribution in [3.8, 4) is 33.4 Å². The molecule has 6 rings (SSSR count). The molecule has 242 valence electrons. The van der Waals surface area contributed by atoms with E-state index in [1.165, 1.54) is 66.4 Å². The van der Waals surface area contributed by atoms with E-state index in [0.29, 0.717) is 5.92 Å². The van der Waals surface area contributed by atoms with Crippen molar-refractivity contribution in [1.82, 2.24) is 0 Å². The summed E-state index contributed by atoms with van der Waals surface area (Å²) in [4.78, 5) is 0. The second-order valence-corrected chi connectivity index (χ2v) is 16.7. The summed E-state index contributed by atoms with van der Waals surface area (Å²) in [7, 11) is 0. The molecule has 0 unspecified atom stereocenters. The summed E-state index contributed by atoms with van der Waals surface area (Å²) in [5, 5.41) is 2.64. The van der Waals surface area contributed by atoms with Crippen molar-refractivity contribution in [3.63, 3.8) is 0 Å². The first-order valence-electron chi connectivity index (χ1n) is 17.3. The van der Waals surface area contributed by atoms with Gasteiger partial charge in [0.15, 0.2) is 0 Å². The number of rotatable bonds is 3. The molecule has 0 atom stereocenters. The predicted octanol–water partition coefficient (Wildman–Crippen LogP) is 14.0. The second kappa shape index (κ2) is 13.2. The zero-order chi connectivity index (χ0) is 34.1. The van der Waals surface area contributed by atoms with Crippen LogP contribution in [0.5, 0.6) is 0 Å². The van der Waals surface area contributed by atoms with Crippen LogP contribution in [-0.2, 0) is 16.2 Å². The lowest BCUT2D eigenvalue weighted by Gasteiger charge is -2.19. The average molecular weight is 619 g/mol. The molecular formula is C47H54. The van der Waals surface area contributed by atoms with E-state index in [1.54, 1.807) is 0 Å². The highest BCUT2D eigenvalue weighted by Crippen LogP contribution is 2.35. The Hall–Kier alpha value is -4.16. The van der Waals surface area contributed by atoms with Crippen LogP contribution in [-0.4, -0.2) is 0 Å². The average Bonchev–Trinajstić information content (AvgIpc) is 3.31. The zero-order valence-corrected chi connectivity index (χ0v) is 30.6. The molecule has 0 amide bonds. The van der Waals surface area contributed by atoms with Crippen molar-refractivity contribution in [2.75, 3.05) is 0 Å². The Kier molecular flexibility index (Phi) is 9.57. The number of fused-ring (bicyclic) bond motifs is 2. The molecule has 0 heterocycles. The zero-order valence-electron chi connectivity index (χ0n) is 30.6. The van der Waals surface area contributed by atoms with Crippen LogP contribution in [0.4, 0.5) is 0 Å². The van der Waals surface area contributed by atoms with Gasteiger partial charge in [0.1, 0.15) is 0 Å². The third-order valence-corrected chi connectivity index (χ3v) is 9.41. The van der Waals surface area contributed by atoms with Crippen molar-refractivity contribution in [2.45, 2.75) is 98.3 Å². The van der Waals surface area contributed by atoms with Gasteiger partial charge in [0, 0.05) is 0 Å². The molecule has 2 aliphatic rings. The van der Waals surface area contributed by atoms with Crippen LogP contribution < -0.4 is 0 Å². The number of hydrogen-bond donors (Lipinski definition) is 0. The Labute approximate surface area is 285 Å². The fourth-order valence-electron chi connectivity index (χ4n) is 6.04. The van der Waals surface area contributed by atoms with Crippen LogP contribution in [0.2, 0.25) is 0 Å². The first-order valence-corrected chi connectivity index (χ1v) is 17.3. The number of hydrogen-bond acceptors (Lipinski definition) is 0. The van der Waals surface area contributed by atoms with Gasteiger partial charge in [0.05, 0.1) is 0 Å². The van der Waals surface area contributed by atoms with Crippen molar-refractivity contribution in [1.29, 1.82) is 0 Å². The van der Waals surface area contributed by atoms with Gasteiger partial charge in [-0.05, 0) is 107 Å². The van der Waals surface area contributed by atoms with Gasteiger partial charge in [-0.2, -0.15) is 0 Å². The van der Waals surface area contributed by atoms with Gasteiger partial charge >= 0.3 is 0 Å². The van der Waals surface area contributed by atoms with Crippen molar-refractivity contribution < 1.29 is 0 Å². The Morgan fingerprint density at radius 1 is 0.319 bits per heavy atom. The topological polar surface area (TPSA) is 0 Å². The minimum atomic E-state index is 0.183. The maximum atomic E-state index is 2.31. The third kappa shape index (κ3) is 8.23. The van der Waals surface area contributed by atoms with Crippen LogP contribution in [0.15, 0.2) is 121 Å². The largest absolute Gasteiger partial charge is 0.0587 e. The summed E-state index contributed by atoms with van der Waals surface area (Å²) in [6.07, 6.45) is 0. The smallest absolute Gasteiger partial charge is 0.0132 e. The van der Waals surface area contributed by atoms with E-state index >= 15 is 0 Å². The van der Waals surface area contributed by atoms with E-state index < -0.39 is 0 Å². The summed E-state index contributed by atoms with van der Waals surface area (Å²) >= 11 is 0. The summed E-state index contributed by atoms with van der Waals surface area (Å²) in [5.41, 5.74) is 13.9. The minimum absolute atomic E-state index is 0.183. The van der Waals surface area contributed by atoms with Crippen molar-refractivity contribution in [3.05, 3.63) is 144 Å². The molecule has 0 saturated carbocycles. The minimum Gasteiger partial charge on any atom is -0.0587 e. The Morgan fingerprint density at radius 3 is 1.04 bits per heavy atom. The van der Waals surface area contributed by atoms with Gasteiger partial charge in [0.2, 0.25) is 0 Å². The van der Waals surface area contributed by atoms with Crippen LogP contribution >= 0.6 is 0 Å². The molecule has 0 saturated heterocycles. The molecule has 0 nitrogen and oxygen atoms in total. The van der Waals surface area contributed by atoms with Crippen LogP contribution in [0.1, 0.15) is 104 Å². The standard InChI is InChI=1S/C24H28.C23H26/c1-23(2,3)21-11-7-17(8-12-21)20-15-18-9-13-22(24(4,5)6)14-10-19(18)16-20;1-16(2)18-6-7-21-15-19(8-9-20(21)14-18)17-10-12-22(13-11-17)23(3,4)5/h7-16H,1-6H3;6-16H,1-5H3. The SMILES string of the molecule is CC(C)(C)c1ccc(-c2cc3ccc(C(C)(C)C)ccc-3c2)cc1.CC(C)c1ccc2cc(-c3ccc(C(C)(C)C)cc3)ccc2c1. The predicted molar refractivity (Wildman–Crippen MR) is 208 cm³/mol. The van der Waals surface area contributed by atoms with Gasteiger partial charge in [-0.15, -0.1) is 0 Å². The monoisotopic (exact) mass is 618 g/mol. The molecule has 2 aliphatic carbocycles. The van der Waals surface area contributed by atoms with E-state index in [2.05, 4.69) is 197 Å². The quantitative estimate of drug-likeness (QED) is 0.185. The summed E-state index contributed by atoms with van der Waals surface area (Å²) < 4.78 is 0. The molecule has 0 bridgehead atoms. The molecule has 47 heavy (non-hydrogen) atoms. The van der Waals surface area contributed by atoms with Gasteiger partial charge in [0.25, 0.3) is 0 Å². The number of benzene rings is 4. The van der Waals surface area contributed by atoms with Gasteiger partial charge in [-0.1, -0.05) is 179 Å². The molecule has 0 spiro atoms. The lowest BCUT2D eigenvalue weighted by Crippen LogP contribution is -2.10. The van der Waals surface area contributed by atoms with Crippen molar-refractivity contribution >= 4 is 10.8 Å². The summed E-state index contributed by atoms with van der Waals surface area (Å²) in [5.74, 6) is 0.573. The van der Waals surface area contributed by atoms with Crippen LogP contribution in [0, 0.1) is 0 Å². The first-order chi connectivity index (χ1) is 22.0. The molecule has 0 heteroatoms. The maximum Gasteiger partial charge on any atom is -0.0132 e. The molecule has 0 aromatic heterocycles. The summed E-state index contributed by atoms with van der Waals surface area (Å²) in [6.45, 7) is 24.8. The van der Waals surface area contributed by atoms with Crippen LogP contribution in [0.3, 0.4) is 0 Å². The Morgan fingerprint density at radius 2 is 0.638 bits per heavy atom. The molecule has 0 N–H and O–H groups in total. The molecule has 0 aliphatic heterocycles. The third-order valence-electron chi connectivity index (χ3n) is 9.41. The van der Waals surface area contributed by atoms with Crippen molar-refractivity contribution in [2.24, 2.45) is 0 Å². The van der Waals surface area contributed by atoms with Gasteiger partial charge in [-0.3, -0.25) is 0 Å². The normalized spacial score (nSPS) is 12.3. The molecule has 0 radical (unpaired) electrons. The maximum absolute atomic E-state index is 2.31. The lowest BCUT2D eigenvalue weighted by molar-refractivity contribution is 0.590. The van der Waals surface area contributed by atoms with Gasteiger partial charge < -0.3 is 0 Å². The van der Waals surface area contributed by atoms with E-state index in [9.17, 15) is 0 Å². The molecule has 4 aromatic rings. The molecule has 0 fully saturated rings.